The Morgan fingerprint density at radius 3 is 3.07 bits per heavy atom. The van der Waals surface area contributed by atoms with Gasteiger partial charge in [-0.05, 0) is 41.8 Å². The maximum Gasteiger partial charge on any atom is 0.246 e. The Hall–Kier alpha value is -3.48. The van der Waals surface area contributed by atoms with Gasteiger partial charge < -0.3 is 14.8 Å². The summed E-state index contributed by atoms with van der Waals surface area (Å²) in [4.78, 5) is 34.3. The van der Waals surface area contributed by atoms with Crippen molar-refractivity contribution in [2.24, 2.45) is 7.05 Å². The minimum absolute atomic E-state index is 0.0111. The molecule has 0 unspecified atom stereocenters. The zero-order valence-corrected chi connectivity index (χ0v) is 15.8. The van der Waals surface area contributed by atoms with Gasteiger partial charge in [-0.2, -0.15) is 0 Å². The number of carbonyl (C=O) groups excluding carboxylic acids is 2. The summed E-state index contributed by atoms with van der Waals surface area (Å²) in [5.74, 6) is 0.502. The van der Waals surface area contributed by atoms with Crippen LogP contribution in [0, 0.1) is 0 Å². The van der Waals surface area contributed by atoms with Crippen LogP contribution >= 0.6 is 0 Å². The Labute approximate surface area is 162 Å². The Morgan fingerprint density at radius 1 is 1.36 bits per heavy atom. The number of aryl methyl sites for hydroxylation is 2. The van der Waals surface area contributed by atoms with E-state index in [1.807, 2.05) is 36.0 Å². The van der Waals surface area contributed by atoms with Gasteiger partial charge in [-0.3, -0.25) is 14.6 Å². The molecule has 0 bridgehead atoms. The fourth-order valence-corrected chi connectivity index (χ4v) is 3.40. The van der Waals surface area contributed by atoms with Crippen LogP contribution in [0.1, 0.15) is 23.1 Å². The minimum Gasteiger partial charge on any atom is -0.349 e. The average Bonchev–Trinajstić information content (AvgIpc) is 3.01. The highest BCUT2D eigenvalue weighted by atomic mass is 16.2. The van der Waals surface area contributed by atoms with Crippen molar-refractivity contribution in [2.45, 2.75) is 19.4 Å². The van der Waals surface area contributed by atoms with Gasteiger partial charge >= 0.3 is 0 Å². The van der Waals surface area contributed by atoms with Gasteiger partial charge in [0.2, 0.25) is 11.8 Å². The summed E-state index contributed by atoms with van der Waals surface area (Å²) in [6.07, 6.45) is 9.85. The standard InChI is InChI=1S/C21H21N5O2/c1-25-12-16(20-17(25)4-3-9-22-20)13-26(2)19(28)8-5-14-10-15-6-7-18(27)24-21(15)23-11-14/h3-5,8-12H,6-7,13H2,1-2H3,(H,23,24,27)/b8-5+. The largest absolute Gasteiger partial charge is 0.349 e. The molecule has 1 aliphatic rings. The highest BCUT2D eigenvalue weighted by Gasteiger charge is 2.16. The van der Waals surface area contributed by atoms with Crippen LogP contribution in [-0.2, 0) is 29.6 Å². The first-order valence-corrected chi connectivity index (χ1v) is 9.12. The third-order valence-corrected chi connectivity index (χ3v) is 4.89. The highest BCUT2D eigenvalue weighted by molar-refractivity contribution is 5.94. The first-order chi connectivity index (χ1) is 13.5. The lowest BCUT2D eigenvalue weighted by atomic mass is 10.0. The molecule has 0 spiro atoms. The summed E-state index contributed by atoms with van der Waals surface area (Å²) in [6.45, 7) is 0.478. The summed E-state index contributed by atoms with van der Waals surface area (Å²) in [5.41, 5.74) is 4.79. The van der Waals surface area contributed by atoms with Crippen LogP contribution in [0.15, 0.2) is 42.9 Å². The first-order valence-electron chi connectivity index (χ1n) is 9.12. The van der Waals surface area contributed by atoms with E-state index in [2.05, 4.69) is 15.3 Å². The fraction of sp³-hybridized carbons (Fsp3) is 0.238. The van der Waals surface area contributed by atoms with E-state index < -0.39 is 0 Å². The van der Waals surface area contributed by atoms with Crippen molar-refractivity contribution in [1.82, 2.24) is 19.4 Å². The van der Waals surface area contributed by atoms with E-state index in [0.29, 0.717) is 25.2 Å². The summed E-state index contributed by atoms with van der Waals surface area (Å²) < 4.78 is 2.02. The molecule has 7 nitrogen and oxygen atoms in total. The Kier molecular flexibility index (Phi) is 4.65. The molecular weight excluding hydrogens is 354 g/mol. The predicted octanol–water partition coefficient (Wildman–Crippen LogP) is 2.52. The maximum absolute atomic E-state index is 12.5. The van der Waals surface area contributed by atoms with E-state index in [1.54, 1.807) is 36.5 Å². The number of aromatic nitrogens is 3. The minimum atomic E-state index is -0.0982. The van der Waals surface area contributed by atoms with Gasteiger partial charge in [-0.25, -0.2) is 4.98 Å². The van der Waals surface area contributed by atoms with Crippen molar-refractivity contribution in [3.63, 3.8) is 0 Å². The van der Waals surface area contributed by atoms with E-state index in [-0.39, 0.29) is 11.8 Å². The molecule has 3 aromatic heterocycles. The number of amides is 2. The SMILES string of the molecule is CN(Cc1cn(C)c2cccnc12)C(=O)/C=C/c1cnc2c(c1)CCC(=O)N2. The molecule has 142 valence electrons. The zero-order chi connectivity index (χ0) is 19.7. The monoisotopic (exact) mass is 375 g/mol. The first kappa shape index (κ1) is 17.9. The van der Waals surface area contributed by atoms with E-state index in [0.717, 1.165) is 27.7 Å². The smallest absolute Gasteiger partial charge is 0.246 e. The third kappa shape index (κ3) is 3.51. The van der Waals surface area contributed by atoms with Gasteiger partial charge in [-0.15, -0.1) is 0 Å². The van der Waals surface area contributed by atoms with Crippen LogP contribution in [0.2, 0.25) is 0 Å². The molecule has 1 N–H and O–H groups in total. The molecule has 2 amide bonds. The molecule has 7 heteroatoms. The van der Waals surface area contributed by atoms with E-state index in [9.17, 15) is 9.59 Å². The van der Waals surface area contributed by atoms with Crippen LogP contribution in [0.25, 0.3) is 17.1 Å². The molecule has 0 aliphatic carbocycles. The number of rotatable bonds is 4. The topological polar surface area (TPSA) is 80.1 Å². The van der Waals surface area contributed by atoms with E-state index in [1.165, 1.54) is 0 Å². The number of pyridine rings is 2. The maximum atomic E-state index is 12.5. The molecule has 4 heterocycles. The number of hydrogen-bond donors (Lipinski definition) is 1. The lowest BCUT2D eigenvalue weighted by Crippen LogP contribution is -2.24. The third-order valence-electron chi connectivity index (χ3n) is 4.89. The van der Waals surface area contributed by atoms with Gasteiger partial charge in [0.05, 0.1) is 11.0 Å². The van der Waals surface area contributed by atoms with Gasteiger partial charge in [0.1, 0.15) is 5.82 Å². The Morgan fingerprint density at radius 2 is 2.21 bits per heavy atom. The Balaban J connectivity index is 1.46. The number of likely N-dealkylation sites (N-methyl/N-ethyl adjacent to an activating group) is 1. The van der Waals surface area contributed by atoms with Gasteiger partial charge in [0.25, 0.3) is 0 Å². The molecule has 0 fully saturated rings. The van der Waals surface area contributed by atoms with Crippen molar-refractivity contribution < 1.29 is 9.59 Å². The molecule has 28 heavy (non-hydrogen) atoms. The summed E-state index contributed by atoms with van der Waals surface area (Å²) >= 11 is 0. The predicted molar refractivity (Wildman–Crippen MR) is 107 cm³/mol. The molecule has 4 rings (SSSR count). The number of carbonyl (C=O) groups is 2. The van der Waals surface area contributed by atoms with Crippen LogP contribution in [-0.4, -0.2) is 38.3 Å². The summed E-state index contributed by atoms with van der Waals surface area (Å²) in [7, 11) is 3.75. The van der Waals surface area contributed by atoms with Gasteiger partial charge in [0, 0.05) is 57.3 Å². The van der Waals surface area contributed by atoms with Crippen molar-refractivity contribution in [3.8, 4) is 0 Å². The van der Waals surface area contributed by atoms with Crippen LogP contribution in [0.4, 0.5) is 5.82 Å². The average molecular weight is 375 g/mol. The molecule has 0 saturated carbocycles. The summed E-state index contributed by atoms with van der Waals surface area (Å²) in [6, 6.07) is 5.88. The van der Waals surface area contributed by atoms with Crippen molar-refractivity contribution in [3.05, 3.63) is 59.6 Å². The van der Waals surface area contributed by atoms with Crippen molar-refractivity contribution in [2.75, 3.05) is 12.4 Å². The second-order valence-corrected chi connectivity index (χ2v) is 6.99. The highest BCUT2D eigenvalue weighted by Crippen LogP contribution is 2.22. The van der Waals surface area contributed by atoms with Crippen molar-refractivity contribution >= 4 is 34.7 Å². The number of nitrogens with one attached hydrogen (secondary N) is 1. The molecule has 0 radical (unpaired) electrons. The molecule has 0 saturated heterocycles. The second-order valence-electron chi connectivity index (χ2n) is 6.99. The lowest BCUT2D eigenvalue weighted by Gasteiger charge is -2.16. The lowest BCUT2D eigenvalue weighted by molar-refractivity contribution is -0.125. The number of nitrogens with zero attached hydrogens (tertiary/aromatic N) is 4. The van der Waals surface area contributed by atoms with E-state index in [4.69, 9.17) is 0 Å². The number of hydrogen-bond acceptors (Lipinski definition) is 4. The van der Waals surface area contributed by atoms with Crippen molar-refractivity contribution in [1.29, 1.82) is 0 Å². The molecule has 3 aromatic rings. The van der Waals surface area contributed by atoms with E-state index >= 15 is 0 Å². The fourth-order valence-electron chi connectivity index (χ4n) is 3.40. The normalized spacial score (nSPS) is 13.6. The molecule has 0 atom stereocenters. The number of anilines is 1. The molecular formula is C21H21N5O2. The number of fused-ring (bicyclic) bond motifs is 2. The van der Waals surface area contributed by atoms with Crippen LogP contribution < -0.4 is 5.32 Å². The van der Waals surface area contributed by atoms with Gasteiger partial charge in [-0.1, -0.05) is 0 Å². The second kappa shape index (κ2) is 7.26. The quantitative estimate of drug-likeness (QED) is 0.711. The Bertz CT molecular complexity index is 1100. The summed E-state index contributed by atoms with van der Waals surface area (Å²) in [5, 5.41) is 2.76. The zero-order valence-electron chi connectivity index (χ0n) is 15.8. The molecule has 1 aliphatic heterocycles. The van der Waals surface area contributed by atoms with Crippen LogP contribution in [0.3, 0.4) is 0 Å². The molecule has 0 aromatic carbocycles. The van der Waals surface area contributed by atoms with Crippen LogP contribution in [0.5, 0.6) is 0 Å². The van der Waals surface area contributed by atoms with Gasteiger partial charge in [0.15, 0.2) is 0 Å².